The molecule has 0 aliphatic rings. The molecule has 0 unspecified atom stereocenters. The first-order valence-electron chi connectivity index (χ1n) is 8.12. The zero-order valence-corrected chi connectivity index (χ0v) is 16.0. The molecule has 130 valence electrons. The Morgan fingerprint density at radius 2 is 2.04 bits per heavy atom. The maximum atomic E-state index is 12.6. The Morgan fingerprint density at radius 3 is 2.68 bits per heavy atom. The first-order chi connectivity index (χ1) is 12.1. The van der Waals surface area contributed by atoms with Crippen molar-refractivity contribution < 1.29 is 9.53 Å². The Morgan fingerprint density at radius 1 is 1.28 bits per heavy atom. The van der Waals surface area contributed by atoms with Crippen LogP contribution in [0, 0.1) is 6.92 Å². The van der Waals surface area contributed by atoms with Gasteiger partial charge in [0.05, 0.1) is 18.3 Å². The van der Waals surface area contributed by atoms with Crippen LogP contribution >= 0.6 is 22.7 Å². The number of hydrogen-bond donors (Lipinski definition) is 1. The third kappa shape index (κ3) is 4.08. The normalized spacial score (nSPS) is 12.0. The summed E-state index contributed by atoms with van der Waals surface area (Å²) in [5.74, 6) is 0.751. The van der Waals surface area contributed by atoms with Crippen molar-refractivity contribution in [2.75, 3.05) is 6.61 Å². The molecule has 3 aromatic rings. The molecule has 0 bridgehead atoms. The second-order valence-electron chi connectivity index (χ2n) is 5.64. The van der Waals surface area contributed by atoms with E-state index in [2.05, 4.69) is 10.3 Å². The average molecular weight is 373 g/mol. The number of nitrogens with zero attached hydrogens (tertiary/aromatic N) is 1. The highest BCUT2D eigenvalue weighted by molar-refractivity contribution is 7.17. The predicted molar refractivity (Wildman–Crippen MR) is 104 cm³/mol. The molecule has 2 heterocycles. The van der Waals surface area contributed by atoms with Crippen LogP contribution in [0.2, 0.25) is 0 Å². The third-order valence-electron chi connectivity index (χ3n) is 3.81. The van der Waals surface area contributed by atoms with E-state index in [4.69, 9.17) is 4.74 Å². The van der Waals surface area contributed by atoms with Crippen LogP contribution in [0.4, 0.5) is 0 Å². The van der Waals surface area contributed by atoms with E-state index < -0.39 is 0 Å². The number of thiazole rings is 1. The van der Waals surface area contributed by atoms with Crippen molar-refractivity contribution in [3.8, 4) is 16.3 Å². The predicted octanol–water partition coefficient (Wildman–Crippen LogP) is 5.07. The quantitative estimate of drug-likeness (QED) is 0.657. The molecule has 2 aromatic heterocycles. The fourth-order valence-electron chi connectivity index (χ4n) is 2.48. The fraction of sp³-hybridized carbons (Fsp3) is 0.263. The van der Waals surface area contributed by atoms with Gasteiger partial charge in [0.2, 0.25) is 0 Å². The van der Waals surface area contributed by atoms with Crippen LogP contribution in [-0.4, -0.2) is 17.5 Å². The van der Waals surface area contributed by atoms with Gasteiger partial charge in [-0.05, 0) is 49.9 Å². The van der Waals surface area contributed by atoms with Gasteiger partial charge in [-0.2, -0.15) is 11.3 Å². The van der Waals surface area contributed by atoms with Crippen LogP contribution in [0.5, 0.6) is 5.75 Å². The van der Waals surface area contributed by atoms with E-state index in [0.29, 0.717) is 11.5 Å². The number of nitrogens with one attached hydrogen (secondary N) is 1. The molecule has 1 N–H and O–H groups in total. The van der Waals surface area contributed by atoms with Crippen molar-refractivity contribution in [2.45, 2.75) is 26.8 Å². The van der Waals surface area contributed by atoms with E-state index in [1.54, 1.807) is 11.3 Å². The molecule has 4 nitrogen and oxygen atoms in total. The van der Waals surface area contributed by atoms with Crippen molar-refractivity contribution in [1.82, 2.24) is 10.3 Å². The largest absolute Gasteiger partial charge is 0.494 e. The van der Waals surface area contributed by atoms with Gasteiger partial charge in [0.15, 0.2) is 0 Å². The van der Waals surface area contributed by atoms with Gasteiger partial charge < -0.3 is 10.1 Å². The highest BCUT2D eigenvalue weighted by Gasteiger charge is 2.18. The SMILES string of the molecule is CCOc1ccc([C@H](C)NC(=O)c2sc(-c3ccsc3)nc2C)cc1. The van der Waals surface area contributed by atoms with Crippen molar-refractivity contribution in [3.63, 3.8) is 0 Å². The molecule has 1 atom stereocenters. The number of hydrogen-bond acceptors (Lipinski definition) is 5. The molecule has 0 saturated carbocycles. The number of benzene rings is 1. The van der Waals surface area contributed by atoms with Crippen LogP contribution in [0.1, 0.15) is 40.8 Å². The molecule has 1 aromatic carbocycles. The molecule has 0 saturated heterocycles. The van der Waals surface area contributed by atoms with Gasteiger partial charge in [0, 0.05) is 10.9 Å². The van der Waals surface area contributed by atoms with Gasteiger partial charge >= 0.3 is 0 Å². The minimum Gasteiger partial charge on any atom is -0.494 e. The first kappa shape index (κ1) is 17.6. The number of rotatable bonds is 6. The van der Waals surface area contributed by atoms with E-state index in [1.807, 2.05) is 61.9 Å². The Hall–Kier alpha value is -2.18. The van der Waals surface area contributed by atoms with Gasteiger partial charge in [-0.3, -0.25) is 4.79 Å². The molecule has 3 rings (SSSR count). The van der Waals surface area contributed by atoms with E-state index in [0.717, 1.165) is 27.6 Å². The highest BCUT2D eigenvalue weighted by atomic mass is 32.1. The molecule has 0 fully saturated rings. The van der Waals surface area contributed by atoms with Crippen molar-refractivity contribution in [2.24, 2.45) is 0 Å². The Bertz CT molecular complexity index is 839. The van der Waals surface area contributed by atoms with Crippen molar-refractivity contribution in [3.05, 3.63) is 57.2 Å². The summed E-state index contributed by atoms with van der Waals surface area (Å²) in [5, 5.41) is 8.00. The summed E-state index contributed by atoms with van der Waals surface area (Å²) >= 11 is 3.06. The van der Waals surface area contributed by atoms with Gasteiger partial charge in [0.25, 0.3) is 5.91 Å². The number of carbonyl (C=O) groups is 1. The molecule has 0 aliphatic carbocycles. The van der Waals surface area contributed by atoms with E-state index in [9.17, 15) is 4.79 Å². The molecule has 1 amide bonds. The monoisotopic (exact) mass is 372 g/mol. The Balaban J connectivity index is 1.71. The summed E-state index contributed by atoms with van der Waals surface area (Å²) in [6.07, 6.45) is 0. The molecular weight excluding hydrogens is 352 g/mol. The topological polar surface area (TPSA) is 51.2 Å². The Kier molecular flexibility index (Phi) is 5.50. The second kappa shape index (κ2) is 7.80. The lowest BCUT2D eigenvalue weighted by molar-refractivity contribution is 0.0943. The zero-order chi connectivity index (χ0) is 17.8. The maximum Gasteiger partial charge on any atom is 0.263 e. The summed E-state index contributed by atoms with van der Waals surface area (Å²) in [6.45, 7) is 6.45. The minimum absolute atomic E-state index is 0.0853. The fourth-order valence-corrected chi connectivity index (χ4v) is 4.16. The molecule has 6 heteroatoms. The van der Waals surface area contributed by atoms with Gasteiger partial charge in [-0.1, -0.05) is 12.1 Å². The lowest BCUT2D eigenvalue weighted by atomic mass is 10.1. The summed E-state index contributed by atoms with van der Waals surface area (Å²) in [6, 6.07) is 9.74. The summed E-state index contributed by atoms with van der Waals surface area (Å²) in [4.78, 5) is 17.8. The van der Waals surface area contributed by atoms with Crippen molar-refractivity contribution in [1.29, 1.82) is 0 Å². The molecule has 25 heavy (non-hydrogen) atoms. The molecule has 0 aliphatic heterocycles. The molecule has 0 radical (unpaired) electrons. The van der Waals surface area contributed by atoms with Gasteiger partial charge in [-0.25, -0.2) is 4.98 Å². The van der Waals surface area contributed by atoms with Crippen LogP contribution in [0.15, 0.2) is 41.1 Å². The number of thiophene rings is 1. The maximum absolute atomic E-state index is 12.6. The standard InChI is InChI=1S/C19H20N2O2S2/c1-4-23-16-7-5-14(6-8-16)12(2)20-18(22)17-13(3)21-19(25-17)15-9-10-24-11-15/h5-12H,4H2,1-3H3,(H,20,22)/t12-/m0/s1. The van der Waals surface area contributed by atoms with Crippen molar-refractivity contribution >= 4 is 28.6 Å². The summed E-state index contributed by atoms with van der Waals surface area (Å²) in [7, 11) is 0. The third-order valence-corrected chi connectivity index (χ3v) is 5.70. The number of aromatic nitrogens is 1. The van der Waals surface area contributed by atoms with E-state index in [1.165, 1.54) is 11.3 Å². The minimum atomic E-state index is -0.0886. The lowest BCUT2D eigenvalue weighted by Crippen LogP contribution is -2.26. The van der Waals surface area contributed by atoms with Crippen LogP contribution in [-0.2, 0) is 0 Å². The second-order valence-corrected chi connectivity index (χ2v) is 7.42. The average Bonchev–Trinajstić information content (AvgIpc) is 3.25. The zero-order valence-electron chi connectivity index (χ0n) is 14.4. The first-order valence-corrected chi connectivity index (χ1v) is 9.88. The summed E-state index contributed by atoms with van der Waals surface area (Å²) in [5.41, 5.74) is 2.87. The van der Waals surface area contributed by atoms with Crippen LogP contribution in [0.25, 0.3) is 10.6 Å². The van der Waals surface area contributed by atoms with Crippen LogP contribution in [0.3, 0.4) is 0 Å². The number of aryl methyl sites for hydroxylation is 1. The smallest absolute Gasteiger partial charge is 0.263 e. The lowest BCUT2D eigenvalue weighted by Gasteiger charge is -2.14. The number of carbonyl (C=O) groups excluding carboxylic acids is 1. The van der Waals surface area contributed by atoms with Gasteiger partial charge in [0.1, 0.15) is 15.6 Å². The van der Waals surface area contributed by atoms with E-state index in [-0.39, 0.29) is 11.9 Å². The molecular formula is C19H20N2O2S2. The number of amides is 1. The highest BCUT2D eigenvalue weighted by Crippen LogP contribution is 2.29. The van der Waals surface area contributed by atoms with E-state index >= 15 is 0 Å². The number of ether oxygens (including phenoxy) is 1. The Labute approximate surface area is 155 Å². The summed E-state index contributed by atoms with van der Waals surface area (Å²) < 4.78 is 5.45. The molecule has 0 spiro atoms. The van der Waals surface area contributed by atoms with Crippen LogP contribution < -0.4 is 10.1 Å². The van der Waals surface area contributed by atoms with Gasteiger partial charge in [-0.15, -0.1) is 11.3 Å².